The fourth-order valence-corrected chi connectivity index (χ4v) is 2.80. The summed E-state index contributed by atoms with van der Waals surface area (Å²) in [4.78, 5) is 24.3. The summed E-state index contributed by atoms with van der Waals surface area (Å²) in [6.45, 7) is 0.428. The van der Waals surface area contributed by atoms with Gasteiger partial charge in [-0.25, -0.2) is 4.79 Å². The molecule has 1 atom stereocenters. The first-order valence-electron chi connectivity index (χ1n) is 6.48. The number of thiophene rings is 1. The van der Waals surface area contributed by atoms with E-state index in [0.29, 0.717) is 23.4 Å². The van der Waals surface area contributed by atoms with Crippen LogP contribution in [-0.4, -0.2) is 23.5 Å². The number of aliphatic carboxylic acids is 1. The minimum atomic E-state index is -1.08. The molecule has 0 saturated heterocycles. The second-order valence-electron chi connectivity index (χ2n) is 4.46. The van der Waals surface area contributed by atoms with E-state index in [1.54, 1.807) is 29.6 Å². The van der Waals surface area contributed by atoms with Crippen molar-refractivity contribution >= 4 is 23.2 Å². The number of amides is 1. The largest absolute Gasteiger partial charge is 0.479 e. The summed E-state index contributed by atoms with van der Waals surface area (Å²) in [5.41, 5.74) is 6.81. The Bertz CT molecular complexity index is 626. The van der Waals surface area contributed by atoms with Crippen molar-refractivity contribution in [3.63, 3.8) is 0 Å². The zero-order valence-corrected chi connectivity index (χ0v) is 12.1. The van der Waals surface area contributed by atoms with E-state index in [0.717, 1.165) is 5.56 Å². The van der Waals surface area contributed by atoms with Crippen LogP contribution in [0.15, 0.2) is 41.8 Å². The lowest BCUT2D eigenvalue weighted by molar-refractivity contribution is -0.139. The molecule has 0 radical (unpaired) electrons. The maximum Gasteiger partial charge on any atom is 0.331 e. The number of carbonyl (C=O) groups excluding carboxylic acids is 1. The van der Waals surface area contributed by atoms with Crippen molar-refractivity contribution < 1.29 is 14.7 Å². The Morgan fingerprint density at radius 2 is 2.00 bits per heavy atom. The molecule has 1 unspecified atom stereocenters. The third-order valence-corrected chi connectivity index (χ3v) is 3.96. The van der Waals surface area contributed by atoms with Gasteiger partial charge in [-0.3, -0.25) is 4.79 Å². The molecule has 0 saturated carbocycles. The Morgan fingerprint density at radius 3 is 2.62 bits per heavy atom. The lowest BCUT2D eigenvalue weighted by atomic mass is 10.0. The summed E-state index contributed by atoms with van der Waals surface area (Å²) in [6, 6.07) is 9.48. The second kappa shape index (κ2) is 7.01. The number of hydrogen-bond donors (Lipinski definition) is 3. The summed E-state index contributed by atoms with van der Waals surface area (Å²) >= 11 is 1.30. The molecule has 2 aromatic rings. The zero-order valence-electron chi connectivity index (χ0n) is 11.3. The van der Waals surface area contributed by atoms with Gasteiger partial charge in [-0.05, 0) is 36.0 Å². The van der Waals surface area contributed by atoms with Gasteiger partial charge in [0.25, 0.3) is 5.91 Å². The molecule has 5 nitrogen and oxygen atoms in total. The van der Waals surface area contributed by atoms with Crippen molar-refractivity contribution in [3.8, 4) is 0 Å². The highest BCUT2D eigenvalue weighted by Crippen LogP contribution is 2.20. The second-order valence-corrected chi connectivity index (χ2v) is 5.44. The van der Waals surface area contributed by atoms with Crippen LogP contribution >= 0.6 is 11.3 Å². The van der Waals surface area contributed by atoms with Crippen LogP contribution in [0.3, 0.4) is 0 Å². The van der Waals surface area contributed by atoms with E-state index in [4.69, 9.17) is 5.73 Å². The Labute approximate surface area is 126 Å². The molecular formula is C15H16N2O3S. The molecule has 2 rings (SSSR count). The number of carboxylic acid groups (broad SMARTS) is 1. The molecule has 21 heavy (non-hydrogen) atoms. The van der Waals surface area contributed by atoms with Gasteiger partial charge in [-0.15, -0.1) is 11.3 Å². The number of carboxylic acids is 1. The number of carbonyl (C=O) groups is 2. The molecule has 0 fully saturated rings. The average molecular weight is 304 g/mol. The number of rotatable bonds is 6. The van der Waals surface area contributed by atoms with E-state index in [1.165, 1.54) is 11.3 Å². The smallest absolute Gasteiger partial charge is 0.331 e. The maximum atomic E-state index is 12.3. The van der Waals surface area contributed by atoms with Crippen LogP contribution in [0.1, 0.15) is 26.8 Å². The summed E-state index contributed by atoms with van der Waals surface area (Å²) in [5.74, 6) is -1.48. The Balaban J connectivity index is 2.22. The predicted octanol–water partition coefficient (Wildman–Crippen LogP) is 1.80. The Kier molecular flexibility index (Phi) is 5.08. The highest BCUT2D eigenvalue weighted by molar-refractivity contribution is 7.10. The minimum absolute atomic E-state index is 0.403. The molecule has 0 aliphatic carbocycles. The van der Waals surface area contributed by atoms with Crippen molar-refractivity contribution in [3.05, 3.63) is 57.8 Å². The van der Waals surface area contributed by atoms with Crippen LogP contribution in [0.4, 0.5) is 0 Å². The third-order valence-electron chi connectivity index (χ3n) is 3.03. The molecule has 4 N–H and O–H groups in total. The van der Waals surface area contributed by atoms with Gasteiger partial charge < -0.3 is 16.2 Å². The minimum Gasteiger partial charge on any atom is -0.479 e. The van der Waals surface area contributed by atoms with Gasteiger partial charge in [0.1, 0.15) is 0 Å². The summed E-state index contributed by atoms with van der Waals surface area (Å²) in [7, 11) is 0. The normalized spacial score (nSPS) is 11.9. The summed E-state index contributed by atoms with van der Waals surface area (Å²) in [5, 5.41) is 13.6. The highest BCUT2D eigenvalue weighted by Gasteiger charge is 2.24. The van der Waals surface area contributed by atoms with Crippen LogP contribution in [0, 0.1) is 0 Å². The first-order chi connectivity index (χ1) is 10.1. The van der Waals surface area contributed by atoms with Gasteiger partial charge in [0.2, 0.25) is 0 Å². The summed E-state index contributed by atoms with van der Waals surface area (Å²) < 4.78 is 0. The molecule has 1 amide bonds. The van der Waals surface area contributed by atoms with Crippen LogP contribution < -0.4 is 11.1 Å². The van der Waals surface area contributed by atoms with E-state index < -0.39 is 17.9 Å². The van der Waals surface area contributed by atoms with Crippen molar-refractivity contribution in [2.45, 2.75) is 12.5 Å². The van der Waals surface area contributed by atoms with E-state index in [1.807, 2.05) is 12.1 Å². The number of nitrogens with two attached hydrogens (primary N) is 1. The first kappa shape index (κ1) is 15.2. The van der Waals surface area contributed by atoms with Crippen molar-refractivity contribution in [2.75, 3.05) is 6.54 Å². The van der Waals surface area contributed by atoms with E-state index >= 15 is 0 Å². The van der Waals surface area contributed by atoms with E-state index in [2.05, 4.69) is 5.32 Å². The molecule has 6 heteroatoms. The monoisotopic (exact) mass is 304 g/mol. The number of nitrogens with one attached hydrogen (secondary N) is 1. The Morgan fingerprint density at radius 1 is 1.24 bits per heavy atom. The predicted molar refractivity (Wildman–Crippen MR) is 81.4 cm³/mol. The summed E-state index contributed by atoms with van der Waals surface area (Å²) in [6.07, 6.45) is 0.570. The van der Waals surface area contributed by atoms with Crippen LogP contribution in [0.2, 0.25) is 0 Å². The van der Waals surface area contributed by atoms with Crippen molar-refractivity contribution in [2.24, 2.45) is 5.73 Å². The maximum absolute atomic E-state index is 12.3. The molecule has 0 aliphatic heterocycles. The fraction of sp³-hybridized carbons (Fsp3) is 0.200. The molecule has 1 aromatic carbocycles. The third kappa shape index (κ3) is 3.68. The van der Waals surface area contributed by atoms with Gasteiger partial charge in [0, 0.05) is 10.4 Å². The molecule has 1 heterocycles. The molecule has 1 aromatic heterocycles. The van der Waals surface area contributed by atoms with Crippen molar-refractivity contribution in [1.29, 1.82) is 0 Å². The fourth-order valence-electron chi connectivity index (χ4n) is 2.03. The lowest BCUT2D eigenvalue weighted by Crippen LogP contribution is -2.33. The van der Waals surface area contributed by atoms with Gasteiger partial charge in [-0.2, -0.15) is 0 Å². The first-order valence-corrected chi connectivity index (χ1v) is 7.36. The van der Waals surface area contributed by atoms with Crippen LogP contribution in [-0.2, 0) is 11.2 Å². The van der Waals surface area contributed by atoms with Gasteiger partial charge in [-0.1, -0.05) is 24.3 Å². The lowest BCUT2D eigenvalue weighted by Gasteiger charge is -2.14. The SMILES string of the molecule is NCCc1ccccc1C(=O)NC(C(=O)O)c1cccs1. The van der Waals surface area contributed by atoms with Crippen LogP contribution in [0.5, 0.6) is 0 Å². The molecule has 0 bridgehead atoms. The molecule has 0 spiro atoms. The van der Waals surface area contributed by atoms with Gasteiger partial charge in [0.05, 0.1) is 0 Å². The van der Waals surface area contributed by atoms with Gasteiger partial charge >= 0.3 is 5.97 Å². The zero-order chi connectivity index (χ0) is 15.2. The number of benzene rings is 1. The Hall–Kier alpha value is -2.18. The van der Waals surface area contributed by atoms with E-state index in [-0.39, 0.29) is 0 Å². The van der Waals surface area contributed by atoms with Gasteiger partial charge in [0.15, 0.2) is 6.04 Å². The quantitative estimate of drug-likeness (QED) is 0.759. The highest BCUT2D eigenvalue weighted by atomic mass is 32.1. The van der Waals surface area contributed by atoms with E-state index in [9.17, 15) is 14.7 Å². The standard InChI is InChI=1S/C15H16N2O3S/c16-8-7-10-4-1-2-5-11(10)14(18)17-13(15(19)20)12-6-3-9-21-12/h1-6,9,13H,7-8,16H2,(H,17,18)(H,19,20). The molecule has 110 valence electrons. The topological polar surface area (TPSA) is 92.4 Å². The van der Waals surface area contributed by atoms with Crippen LogP contribution in [0.25, 0.3) is 0 Å². The molecular weight excluding hydrogens is 288 g/mol. The number of hydrogen-bond acceptors (Lipinski definition) is 4. The average Bonchev–Trinajstić information content (AvgIpc) is 2.99. The molecule has 0 aliphatic rings. The van der Waals surface area contributed by atoms with Crippen molar-refractivity contribution in [1.82, 2.24) is 5.32 Å².